The summed E-state index contributed by atoms with van der Waals surface area (Å²) in [4.78, 5) is 4.09. The number of aromatic nitrogens is 1. The predicted molar refractivity (Wildman–Crippen MR) is 62.4 cm³/mol. The zero-order valence-corrected chi connectivity index (χ0v) is 10.1. The van der Waals surface area contributed by atoms with Gasteiger partial charge < -0.3 is 0 Å². The van der Waals surface area contributed by atoms with Gasteiger partial charge in [-0.1, -0.05) is 28.1 Å². The van der Waals surface area contributed by atoms with E-state index in [9.17, 15) is 13.2 Å². The fourth-order valence-corrected chi connectivity index (χ4v) is 1.73. The van der Waals surface area contributed by atoms with Gasteiger partial charge in [-0.05, 0) is 24.3 Å². The first-order valence-corrected chi connectivity index (χ1v) is 5.55. The molecule has 0 aliphatic heterocycles. The van der Waals surface area contributed by atoms with Crippen LogP contribution in [-0.2, 0) is 6.18 Å². The number of halogens is 4. The molecule has 88 valence electrons. The number of nitrogens with zero attached hydrogens (tertiary/aromatic N) is 1. The molecule has 1 aromatic carbocycles. The lowest BCUT2D eigenvalue weighted by atomic mass is 10.1. The zero-order valence-electron chi connectivity index (χ0n) is 8.50. The maximum atomic E-state index is 12.4. The Bertz CT molecular complexity index is 520. The SMILES string of the molecule is FC(F)(F)c1ccc(-c2cc(Br)ccn2)cc1. The molecule has 1 aromatic heterocycles. The van der Waals surface area contributed by atoms with Crippen molar-refractivity contribution in [2.45, 2.75) is 6.18 Å². The van der Waals surface area contributed by atoms with Gasteiger partial charge >= 0.3 is 6.18 Å². The van der Waals surface area contributed by atoms with Crippen LogP contribution in [0.25, 0.3) is 11.3 Å². The molecule has 0 amide bonds. The number of rotatable bonds is 1. The molecule has 2 aromatic rings. The molecule has 0 N–H and O–H groups in total. The molecular weight excluding hydrogens is 295 g/mol. The highest BCUT2D eigenvalue weighted by Crippen LogP contribution is 2.30. The summed E-state index contributed by atoms with van der Waals surface area (Å²) in [7, 11) is 0. The van der Waals surface area contributed by atoms with Crippen LogP contribution in [0.3, 0.4) is 0 Å². The minimum absolute atomic E-state index is 0.632. The summed E-state index contributed by atoms with van der Waals surface area (Å²) in [5.74, 6) is 0. The summed E-state index contributed by atoms with van der Waals surface area (Å²) in [6.07, 6.45) is -2.71. The molecule has 0 atom stereocenters. The first-order valence-electron chi connectivity index (χ1n) is 4.76. The number of benzene rings is 1. The summed E-state index contributed by atoms with van der Waals surface area (Å²) in [6, 6.07) is 8.45. The molecule has 17 heavy (non-hydrogen) atoms. The van der Waals surface area contributed by atoms with Crippen LogP contribution in [0.2, 0.25) is 0 Å². The third kappa shape index (κ3) is 2.85. The van der Waals surface area contributed by atoms with Crippen molar-refractivity contribution in [2.24, 2.45) is 0 Å². The Morgan fingerprint density at radius 3 is 2.18 bits per heavy atom. The third-order valence-electron chi connectivity index (χ3n) is 2.23. The highest BCUT2D eigenvalue weighted by molar-refractivity contribution is 9.10. The van der Waals surface area contributed by atoms with Gasteiger partial charge in [0.1, 0.15) is 0 Å². The molecule has 0 saturated heterocycles. The Labute approximate surface area is 104 Å². The smallest absolute Gasteiger partial charge is 0.256 e. The molecule has 0 unspecified atom stereocenters. The van der Waals surface area contributed by atoms with Gasteiger partial charge in [0.15, 0.2) is 0 Å². The van der Waals surface area contributed by atoms with Crippen molar-refractivity contribution in [1.82, 2.24) is 4.98 Å². The van der Waals surface area contributed by atoms with Crippen molar-refractivity contribution < 1.29 is 13.2 Å². The van der Waals surface area contributed by atoms with Gasteiger partial charge in [-0.15, -0.1) is 0 Å². The third-order valence-corrected chi connectivity index (χ3v) is 2.72. The second-order valence-electron chi connectivity index (χ2n) is 3.43. The molecule has 0 spiro atoms. The zero-order chi connectivity index (χ0) is 12.5. The highest BCUT2D eigenvalue weighted by Gasteiger charge is 2.29. The molecule has 0 aliphatic rings. The summed E-state index contributed by atoms with van der Waals surface area (Å²) in [6.45, 7) is 0. The summed E-state index contributed by atoms with van der Waals surface area (Å²) >= 11 is 3.29. The van der Waals surface area contributed by atoms with Crippen LogP contribution >= 0.6 is 15.9 Å². The summed E-state index contributed by atoms with van der Waals surface area (Å²) in [5.41, 5.74) is 0.628. The minimum atomic E-state index is -4.30. The monoisotopic (exact) mass is 301 g/mol. The molecule has 2 rings (SSSR count). The van der Waals surface area contributed by atoms with Gasteiger partial charge in [0, 0.05) is 16.2 Å². The van der Waals surface area contributed by atoms with Crippen molar-refractivity contribution in [1.29, 1.82) is 0 Å². The van der Waals surface area contributed by atoms with Crippen molar-refractivity contribution in [3.63, 3.8) is 0 Å². The van der Waals surface area contributed by atoms with Crippen molar-refractivity contribution in [3.8, 4) is 11.3 Å². The molecule has 0 fully saturated rings. The van der Waals surface area contributed by atoms with Crippen LogP contribution in [0.1, 0.15) is 5.56 Å². The van der Waals surface area contributed by atoms with E-state index in [4.69, 9.17) is 0 Å². The van der Waals surface area contributed by atoms with E-state index in [1.165, 1.54) is 12.1 Å². The average molecular weight is 302 g/mol. The molecule has 1 heterocycles. The average Bonchev–Trinajstić information content (AvgIpc) is 2.28. The van der Waals surface area contributed by atoms with Crippen LogP contribution in [0.5, 0.6) is 0 Å². The van der Waals surface area contributed by atoms with E-state index in [2.05, 4.69) is 20.9 Å². The lowest BCUT2D eigenvalue weighted by Gasteiger charge is -2.07. The van der Waals surface area contributed by atoms with Crippen LogP contribution < -0.4 is 0 Å². The van der Waals surface area contributed by atoms with E-state index in [0.717, 1.165) is 16.6 Å². The van der Waals surface area contributed by atoms with Crippen LogP contribution in [-0.4, -0.2) is 4.98 Å². The highest BCUT2D eigenvalue weighted by atomic mass is 79.9. The standard InChI is InChI=1S/C12H7BrF3N/c13-10-5-6-17-11(7-10)8-1-3-9(4-2-8)12(14,15)16/h1-7H. The lowest BCUT2D eigenvalue weighted by molar-refractivity contribution is -0.137. The van der Waals surface area contributed by atoms with Crippen molar-refractivity contribution >= 4 is 15.9 Å². The summed E-state index contributed by atoms with van der Waals surface area (Å²) in [5, 5.41) is 0. The van der Waals surface area contributed by atoms with Crippen molar-refractivity contribution in [2.75, 3.05) is 0 Å². The second-order valence-corrected chi connectivity index (χ2v) is 4.35. The first kappa shape index (κ1) is 12.1. The fourth-order valence-electron chi connectivity index (χ4n) is 1.39. The molecule has 0 bridgehead atoms. The number of hydrogen-bond acceptors (Lipinski definition) is 1. The van der Waals surface area contributed by atoms with E-state index >= 15 is 0 Å². The topological polar surface area (TPSA) is 12.9 Å². The van der Waals surface area contributed by atoms with Crippen molar-refractivity contribution in [3.05, 3.63) is 52.6 Å². The Morgan fingerprint density at radius 1 is 1.00 bits per heavy atom. The van der Waals surface area contributed by atoms with Crippen LogP contribution in [0.4, 0.5) is 13.2 Å². The second kappa shape index (κ2) is 4.49. The molecule has 0 aliphatic carbocycles. The predicted octanol–water partition coefficient (Wildman–Crippen LogP) is 4.53. The largest absolute Gasteiger partial charge is 0.416 e. The molecule has 1 nitrogen and oxygen atoms in total. The normalized spacial score (nSPS) is 11.5. The van der Waals surface area contributed by atoms with E-state index in [1.54, 1.807) is 18.3 Å². The van der Waals surface area contributed by atoms with E-state index in [1.807, 2.05) is 0 Å². The van der Waals surface area contributed by atoms with Crippen LogP contribution in [0, 0.1) is 0 Å². The minimum Gasteiger partial charge on any atom is -0.256 e. The van der Waals surface area contributed by atoms with Gasteiger partial charge in [0.25, 0.3) is 0 Å². The molecule has 0 radical (unpaired) electrons. The Balaban J connectivity index is 2.36. The van der Waals surface area contributed by atoms with Gasteiger partial charge in [0.2, 0.25) is 0 Å². The fraction of sp³-hybridized carbons (Fsp3) is 0.0833. The van der Waals surface area contributed by atoms with E-state index < -0.39 is 11.7 Å². The number of pyridine rings is 1. The lowest BCUT2D eigenvalue weighted by Crippen LogP contribution is -2.04. The van der Waals surface area contributed by atoms with Gasteiger partial charge in [-0.2, -0.15) is 13.2 Å². The molecular formula is C12H7BrF3N. The maximum absolute atomic E-state index is 12.4. The Hall–Kier alpha value is -1.36. The molecule has 5 heteroatoms. The van der Waals surface area contributed by atoms with Gasteiger partial charge in [-0.3, -0.25) is 4.98 Å². The van der Waals surface area contributed by atoms with Gasteiger partial charge in [0.05, 0.1) is 11.3 Å². The first-order chi connectivity index (χ1) is 7.97. The van der Waals surface area contributed by atoms with E-state index in [0.29, 0.717) is 11.3 Å². The Kier molecular flexibility index (Phi) is 3.19. The van der Waals surface area contributed by atoms with E-state index in [-0.39, 0.29) is 0 Å². The Morgan fingerprint density at radius 2 is 1.65 bits per heavy atom. The molecule has 0 saturated carbocycles. The van der Waals surface area contributed by atoms with Crippen LogP contribution in [0.15, 0.2) is 47.1 Å². The summed E-state index contributed by atoms with van der Waals surface area (Å²) < 4.78 is 37.9. The quantitative estimate of drug-likeness (QED) is 0.754. The van der Waals surface area contributed by atoms with Gasteiger partial charge in [-0.25, -0.2) is 0 Å². The number of alkyl halides is 3. The maximum Gasteiger partial charge on any atom is 0.416 e. The number of hydrogen-bond donors (Lipinski definition) is 0.